The van der Waals surface area contributed by atoms with Crippen molar-refractivity contribution in [3.05, 3.63) is 29.3 Å². The van der Waals surface area contributed by atoms with Crippen LogP contribution >= 0.6 is 0 Å². The summed E-state index contributed by atoms with van der Waals surface area (Å²) in [6.07, 6.45) is 6.68. The lowest BCUT2D eigenvalue weighted by atomic mass is 9.76. The van der Waals surface area contributed by atoms with Crippen molar-refractivity contribution >= 4 is 0 Å². The largest absolute Gasteiger partial charge is 0.487 e. The van der Waals surface area contributed by atoms with E-state index < -0.39 is 0 Å². The maximum atomic E-state index is 10.9. The van der Waals surface area contributed by atoms with Crippen molar-refractivity contribution in [2.45, 2.75) is 71.0 Å². The van der Waals surface area contributed by atoms with Crippen molar-refractivity contribution in [1.82, 2.24) is 0 Å². The predicted molar refractivity (Wildman–Crippen MR) is 85.6 cm³/mol. The molecule has 3 unspecified atom stereocenters. The minimum atomic E-state index is -0.372. The molecule has 1 aromatic carbocycles. The first-order valence-electron chi connectivity index (χ1n) is 8.49. The first-order valence-corrected chi connectivity index (χ1v) is 8.49. The van der Waals surface area contributed by atoms with E-state index in [1.807, 2.05) is 0 Å². The van der Waals surface area contributed by atoms with Gasteiger partial charge < -0.3 is 9.84 Å². The number of hydrogen-bond donors (Lipinski definition) is 1. The zero-order chi connectivity index (χ0) is 15.0. The number of ether oxygens (including phenoxy) is 1. The smallest absolute Gasteiger partial charge is 0.129 e. The molecule has 1 saturated carbocycles. The average Bonchev–Trinajstić information content (AvgIpc) is 2.80. The lowest BCUT2D eigenvalue weighted by Crippen LogP contribution is -2.25. The molecule has 1 N–H and O–H groups in total. The van der Waals surface area contributed by atoms with Crippen LogP contribution in [0.15, 0.2) is 18.2 Å². The van der Waals surface area contributed by atoms with Crippen LogP contribution in [0.1, 0.15) is 70.1 Å². The highest BCUT2D eigenvalue weighted by Crippen LogP contribution is 2.45. The molecule has 2 nitrogen and oxygen atoms in total. The third-order valence-electron chi connectivity index (χ3n) is 5.29. The summed E-state index contributed by atoms with van der Waals surface area (Å²) >= 11 is 0. The molecule has 3 atom stereocenters. The summed E-state index contributed by atoms with van der Waals surface area (Å²) in [7, 11) is 0. The van der Waals surface area contributed by atoms with E-state index in [1.54, 1.807) is 0 Å². The molecule has 0 bridgehead atoms. The van der Waals surface area contributed by atoms with Gasteiger partial charge in [0.1, 0.15) is 11.4 Å². The van der Waals surface area contributed by atoms with Crippen LogP contribution in [0.3, 0.4) is 0 Å². The van der Waals surface area contributed by atoms with Crippen LogP contribution in [0.25, 0.3) is 0 Å². The lowest BCUT2D eigenvalue weighted by Gasteiger charge is -2.32. The molecule has 0 amide bonds. The summed E-state index contributed by atoms with van der Waals surface area (Å²) in [5.74, 6) is 2.13. The van der Waals surface area contributed by atoms with Gasteiger partial charge in [-0.2, -0.15) is 0 Å². The van der Waals surface area contributed by atoms with E-state index in [2.05, 4.69) is 39.0 Å². The Hall–Kier alpha value is -1.02. The highest BCUT2D eigenvalue weighted by molar-refractivity contribution is 5.47. The molecule has 0 radical (unpaired) electrons. The van der Waals surface area contributed by atoms with E-state index in [4.69, 9.17) is 4.74 Å². The van der Waals surface area contributed by atoms with Crippen molar-refractivity contribution < 1.29 is 9.84 Å². The Labute approximate surface area is 128 Å². The maximum absolute atomic E-state index is 10.9. The number of para-hydroxylation sites is 1. The zero-order valence-electron chi connectivity index (χ0n) is 13.6. The standard InChI is InChI=1S/C19H28O2/c1-4-13-7-5-8-14(11-13)17(20)16-10-6-9-15-12-19(2,3)21-18(15)16/h6,9-10,13-14,17,20H,4-5,7-8,11-12H2,1-3H3. The summed E-state index contributed by atoms with van der Waals surface area (Å²) in [5, 5.41) is 10.9. The Morgan fingerprint density at radius 3 is 2.90 bits per heavy atom. The second kappa shape index (κ2) is 5.64. The van der Waals surface area contributed by atoms with Crippen LogP contribution in [0, 0.1) is 11.8 Å². The van der Waals surface area contributed by atoms with Crippen LogP contribution in [0.2, 0.25) is 0 Å². The lowest BCUT2D eigenvalue weighted by molar-refractivity contribution is 0.0616. The quantitative estimate of drug-likeness (QED) is 0.877. The van der Waals surface area contributed by atoms with Crippen LogP contribution < -0.4 is 4.74 Å². The van der Waals surface area contributed by atoms with Gasteiger partial charge in [0, 0.05) is 12.0 Å². The molecule has 1 heterocycles. The number of aliphatic hydroxyl groups is 1. The van der Waals surface area contributed by atoms with E-state index in [0.717, 1.165) is 36.5 Å². The molecule has 2 aliphatic rings. The Morgan fingerprint density at radius 1 is 1.33 bits per heavy atom. The summed E-state index contributed by atoms with van der Waals surface area (Å²) in [5.41, 5.74) is 2.12. The van der Waals surface area contributed by atoms with E-state index >= 15 is 0 Å². The molecule has 1 aliphatic heterocycles. The summed E-state index contributed by atoms with van der Waals surface area (Å²) in [6, 6.07) is 6.26. The van der Waals surface area contributed by atoms with Crippen LogP contribution in [0.4, 0.5) is 0 Å². The number of hydrogen-bond acceptors (Lipinski definition) is 2. The van der Waals surface area contributed by atoms with Gasteiger partial charge >= 0.3 is 0 Å². The fraction of sp³-hybridized carbons (Fsp3) is 0.684. The molecule has 2 heteroatoms. The molecule has 0 saturated heterocycles. The summed E-state index contributed by atoms with van der Waals surface area (Å²) in [6.45, 7) is 6.51. The van der Waals surface area contributed by atoms with Gasteiger partial charge in [-0.3, -0.25) is 0 Å². The minimum Gasteiger partial charge on any atom is -0.487 e. The third kappa shape index (κ3) is 2.96. The normalized spacial score (nSPS) is 28.8. The van der Waals surface area contributed by atoms with Gasteiger partial charge in [-0.1, -0.05) is 44.4 Å². The second-order valence-electron chi connectivity index (χ2n) is 7.52. The molecule has 116 valence electrons. The van der Waals surface area contributed by atoms with E-state index in [0.29, 0.717) is 5.92 Å². The molecular formula is C19H28O2. The summed E-state index contributed by atoms with van der Waals surface area (Å²) in [4.78, 5) is 0. The highest BCUT2D eigenvalue weighted by atomic mass is 16.5. The summed E-state index contributed by atoms with van der Waals surface area (Å²) < 4.78 is 6.13. The first kappa shape index (κ1) is 14.9. The van der Waals surface area contributed by atoms with Gasteiger partial charge in [0.25, 0.3) is 0 Å². The molecular weight excluding hydrogens is 260 g/mol. The van der Waals surface area contributed by atoms with Crippen molar-refractivity contribution in [3.8, 4) is 5.75 Å². The Kier molecular flexibility index (Phi) is 4.00. The molecule has 0 spiro atoms. The maximum Gasteiger partial charge on any atom is 0.129 e. The number of rotatable bonds is 3. The third-order valence-corrected chi connectivity index (χ3v) is 5.29. The molecule has 1 aromatic rings. The van der Waals surface area contributed by atoms with Gasteiger partial charge in [-0.25, -0.2) is 0 Å². The Morgan fingerprint density at radius 2 is 2.14 bits per heavy atom. The average molecular weight is 288 g/mol. The molecule has 1 fully saturated rings. The minimum absolute atomic E-state index is 0.142. The van der Waals surface area contributed by atoms with Gasteiger partial charge in [-0.15, -0.1) is 0 Å². The Balaban J connectivity index is 1.83. The zero-order valence-corrected chi connectivity index (χ0v) is 13.6. The topological polar surface area (TPSA) is 29.5 Å². The van der Waals surface area contributed by atoms with Crippen molar-refractivity contribution in [2.24, 2.45) is 11.8 Å². The van der Waals surface area contributed by atoms with Gasteiger partial charge in [0.15, 0.2) is 0 Å². The van der Waals surface area contributed by atoms with Crippen LogP contribution in [0.5, 0.6) is 5.75 Å². The Bertz CT molecular complexity index is 506. The number of benzene rings is 1. The second-order valence-corrected chi connectivity index (χ2v) is 7.52. The highest BCUT2D eigenvalue weighted by Gasteiger charge is 2.35. The molecule has 21 heavy (non-hydrogen) atoms. The fourth-order valence-corrected chi connectivity index (χ4v) is 4.12. The van der Waals surface area contributed by atoms with Crippen molar-refractivity contribution in [2.75, 3.05) is 0 Å². The van der Waals surface area contributed by atoms with Crippen LogP contribution in [-0.4, -0.2) is 10.7 Å². The van der Waals surface area contributed by atoms with E-state index in [-0.39, 0.29) is 11.7 Å². The van der Waals surface area contributed by atoms with Crippen molar-refractivity contribution in [1.29, 1.82) is 0 Å². The predicted octanol–water partition coefficient (Wildman–Crippen LogP) is 4.65. The molecule has 0 aromatic heterocycles. The molecule has 3 rings (SSSR count). The van der Waals surface area contributed by atoms with Crippen LogP contribution in [-0.2, 0) is 6.42 Å². The molecule has 1 aliphatic carbocycles. The van der Waals surface area contributed by atoms with Gasteiger partial charge in [0.05, 0.1) is 6.10 Å². The van der Waals surface area contributed by atoms with Gasteiger partial charge in [-0.05, 0) is 44.1 Å². The SMILES string of the molecule is CCC1CCCC(C(O)c2cccc3c2OC(C)(C)C3)C1. The van der Waals surface area contributed by atoms with E-state index in [1.165, 1.54) is 24.8 Å². The monoisotopic (exact) mass is 288 g/mol. The van der Waals surface area contributed by atoms with Gasteiger partial charge in [0.2, 0.25) is 0 Å². The number of aliphatic hydroxyl groups excluding tert-OH is 1. The fourth-order valence-electron chi connectivity index (χ4n) is 4.12. The van der Waals surface area contributed by atoms with E-state index in [9.17, 15) is 5.11 Å². The van der Waals surface area contributed by atoms with Crippen molar-refractivity contribution in [3.63, 3.8) is 0 Å². The number of fused-ring (bicyclic) bond motifs is 1. The first-order chi connectivity index (χ1) is 10.00.